The summed E-state index contributed by atoms with van der Waals surface area (Å²) in [6.45, 7) is 12.3. The number of aryl methyl sites for hydroxylation is 2. The van der Waals surface area contributed by atoms with Crippen molar-refractivity contribution in [1.82, 2.24) is 4.90 Å². The number of amidine groups is 1. The smallest absolute Gasteiger partial charge is 0.227 e. The van der Waals surface area contributed by atoms with Gasteiger partial charge in [-0.25, -0.2) is 0 Å². The highest BCUT2D eigenvalue weighted by Gasteiger charge is 2.55. The summed E-state index contributed by atoms with van der Waals surface area (Å²) in [5.74, 6) is 0.560. The Morgan fingerprint density at radius 2 is 1.50 bits per heavy atom. The molecule has 148 valence electrons. The van der Waals surface area contributed by atoms with E-state index in [-0.39, 0.29) is 12.1 Å². The molecule has 1 N–H and O–H groups in total. The maximum Gasteiger partial charge on any atom is 0.227 e. The largest absolute Gasteiger partial charge is 0.361 e. The molecule has 1 unspecified atom stereocenters. The Labute approximate surface area is 173 Å². The number of para-hydroxylation sites is 1. The van der Waals surface area contributed by atoms with Crippen LogP contribution in [0.25, 0.3) is 0 Å². The van der Waals surface area contributed by atoms with E-state index in [4.69, 9.17) is 17.2 Å². The molecule has 1 aliphatic heterocycles. The molecule has 28 heavy (non-hydrogen) atoms. The standard InChI is InChI=1S/C23H29N3OS/c1-15(2)24-21-23(27,19-13-8-7-9-14-19)26(16(3)4)22(28)25(21)20-17(5)11-10-12-18(20)6/h7-16,27H,1-6H3. The van der Waals surface area contributed by atoms with Crippen LogP contribution in [-0.2, 0) is 5.72 Å². The van der Waals surface area contributed by atoms with Gasteiger partial charge in [-0.15, -0.1) is 0 Å². The van der Waals surface area contributed by atoms with Crippen LogP contribution in [0.1, 0.15) is 44.4 Å². The molecule has 5 heteroatoms. The van der Waals surface area contributed by atoms with Gasteiger partial charge in [0, 0.05) is 17.6 Å². The van der Waals surface area contributed by atoms with Gasteiger partial charge < -0.3 is 10.0 Å². The number of anilines is 1. The van der Waals surface area contributed by atoms with Gasteiger partial charge in [-0.1, -0.05) is 48.5 Å². The van der Waals surface area contributed by atoms with Crippen molar-refractivity contribution in [3.05, 3.63) is 65.2 Å². The van der Waals surface area contributed by atoms with Gasteiger partial charge >= 0.3 is 0 Å². The van der Waals surface area contributed by atoms with Crippen LogP contribution in [-0.4, -0.2) is 33.0 Å². The average Bonchev–Trinajstić information content (AvgIpc) is 2.84. The van der Waals surface area contributed by atoms with E-state index >= 15 is 0 Å². The van der Waals surface area contributed by atoms with Crippen molar-refractivity contribution in [3.63, 3.8) is 0 Å². The molecular weight excluding hydrogens is 366 g/mol. The molecule has 1 saturated heterocycles. The Morgan fingerprint density at radius 1 is 0.929 bits per heavy atom. The van der Waals surface area contributed by atoms with Crippen LogP contribution in [0.2, 0.25) is 0 Å². The van der Waals surface area contributed by atoms with Crippen LogP contribution in [0.5, 0.6) is 0 Å². The van der Waals surface area contributed by atoms with Crippen molar-refractivity contribution in [2.75, 3.05) is 4.90 Å². The molecule has 3 rings (SSSR count). The number of thiocarbonyl (C=S) groups is 1. The molecule has 0 bridgehead atoms. The average molecular weight is 396 g/mol. The summed E-state index contributed by atoms with van der Waals surface area (Å²) in [5, 5.41) is 12.7. The van der Waals surface area contributed by atoms with Crippen molar-refractivity contribution in [1.29, 1.82) is 0 Å². The first-order valence-corrected chi connectivity index (χ1v) is 10.2. The van der Waals surface area contributed by atoms with Crippen LogP contribution in [0.3, 0.4) is 0 Å². The summed E-state index contributed by atoms with van der Waals surface area (Å²) < 4.78 is 0. The predicted octanol–water partition coefficient (Wildman–Crippen LogP) is 4.77. The summed E-state index contributed by atoms with van der Waals surface area (Å²) in [6.07, 6.45) is 0. The van der Waals surface area contributed by atoms with E-state index in [1.54, 1.807) is 0 Å². The lowest BCUT2D eigenvalue weighted by Gasteiger charge is -2.36. The molecule has 2 aromatic carbocycles. The first-order chi connectivity index (χ1) is 13.2. The Kier molecular flexibility index (Phi) is 5.60. The van der Waals surface area contributed by atoms with Crippen LogP contribution < -0.4 is 4.90 Å². The van der Waals surface area contributed by atoms with Gasteiger partial charge in [-0.05, 0) is 64.9 Å². The van der Waals surface area contributed by atoms with Gasteiger partial charge in [0.2, 0.25) is 5.72 Å². The molecule has 1 fully saturated rings. The fraction of sp³-hybridized carbons (Fsp3) is 0.391. The molecule has 2 aromatic rings. The Balaban J connectivity index is 2.34. The monoisotopic (exact) mass is 395 g/mol. The lowest BCUT2D eigenvalue weighted by atomic mass is 9.98. The lowest BCUT2D eigenvalue weighted by molar-refractivity contribution is -0.0170. The topological polar surface area (TPSA) is 39.1 Å². The zero-order valence-corrected chi connectivity index (χ0v) is 18.3. The minimum absolute atomic E-state index is 0.00646. The molecule has 0 amide bonds. The molecule has 1 atom stereocenters. The van der Waals surface area contributed by atoms with Gasteiger partial charge in [0.05, 0.1) is 5.69 Å². The Bertz CT molecular complexity index is 887. The van der Waals surface area contributed by atoms with Crippen molar-refractivity contribution < 1.29 is 5.11 Å². The first kappa shape index (κ1) is 20.5. The Morgan fingerprint density at radius 3 is 2.00 bits per heavy atom. The summed E-state index contributed by atoms with van der Waals surface area (Å²) >= 11 is 5.93. The third-order valence-corrected chi connectivity index (χ3v) is 5.39. The third-order valence-electron chi connectivity index (χ3n) is 5.01. The maximum atomic E-state index is 12.2. The lowest BCUT2D eigenvalue weighted by Crippen LogP contribution is -2.50. The summed E-state index contributed by atoms with van der Waals surface area (Å²) in [4.78, 5) is 8.75. The van der Waals surface area contributed by atoms with Crippen LogP contribution >= 0.6 is 12.2 Å². The second kappa shape index (κ2) is 7.64. The second-order valence-corrected chi connectivity index (χ2v) is 8.27. The third kappa shape index (κ3) is 3.23. The van der Waals surface area contributed by atoms with Crippen molar-refractivity contribution in [2.24, 2.45) is 4.99 Å². The summed E-state index contributed by atoms with van der Waals surface area (Å²) in [7, 11) is 0. The highest BCUT2D eigenvalue weighted by molar-refractivity contribution is 7.80. The minimum Gasteiger partial charge on any atom is -0.361 e. The van der Waals surface area contributed by atoms with Crippen molar-refractivity contribution in [3.8, 4) is 0 Å². The van der Waals surface area contributed by atoms with E-state index in [0.29, 0.717) is 10.9 Å². The van der Waals surface area contributed by atoms with E-state index in [2.05, 4.69) is 26.0 Å². The normalized spacial score (nSPS) is 21.5. The molecule has 0 aliphatic carbocycles. The Hall–Kier alpha value is -2.24. The zero-order chi connectivity index (χ0) is 20.6. The van der Waals surface area contributed by atoms with Crippen molar-refractivity contribution >= 4 is 28.9 Å². The van der Waals surface area contributed by atoms with Gasteiger partial charge in [0.25, 0.3) is 0 Å². The molecule has 0 spiro atoms. The molecule has 4 nitrogen and oxygen atoms in total. The van der Waals surface area contributed by atoms with E-state index in [9.17, 15) is 5.11 Å². The number of hydrogen-bond donors (Lipinski definition) is 1. The highest BCUT2D eigenvalue weighted by atomic mass is 32.1. The number of aliphatic hydroxyl groups is 1. The van der Waals surface area contributed by atoms with Gasteiger partial charge in [0.15, 0.2) is 10.9 Å². The number of benzene rings is 2. The van der Waals surface area contributed by atoms with Crippen LogP contribution in [0.15, 0.2) is 53.5 Å². The van der Waals surface area contributed by atoms with Crippen molar-refractivity contribution in [2.45, 2.75) is 59.4 Å². The molecule has 0 radical (unpaired) electrons. The van der Waals surface area contributed by atoms with E-state index in [0.717, 1.165) is 22.4 Å². The van der Waals surface area contributed by atoms with E-state index < -0.39 is 5.72 Å². The summed E-state index contributed by atoms with van der Waals surface area (Å²) in [5.41, 5.74) is 2.52. The molecule has 0 aromatic heterocycles. The quantitative estimate of drug-likeness (QED) is 0.757. The predicted molar refractivity (Wildman–Crippen MR) is 121 cm³/mol. The number of nitrogens with zero attached hydrogens (tertiary/aromatic N) is 3. The molecule has 1 heterocycles. The van der Waals surface area contributed by atoms with Crippen LogP contribution in [0.4, 0.5) is 5.69 Å². The van der Waals surface area contributed by atoms with Gasteiger partial charge in [-0.3, -0.25) is 9.89 Å². The molecule has 0 saturated carbocycles. The van der Waals surface area contributed by atoms with E-state index in [1.807, 2.05) is 73.9 Å². The van der Waals surface area contributed by atoms with Gasteiger partial charge in [0.1, 0.15) is 0 Å². The zero-order valence-electron chi connectivity index (χ0n) is 17.5. The number of hydrogen-bond acceptors (Lipinski definition) is 3. The van der Waals surface area contributed by atoms with E-state index in [1.165, 1.54) is 0 Å². The fourth-order valence-electron chi connectivity index (χ4n) is 3.89. The van der Waals surface area contributed by atoms with Gasteiger partial charge in [-0.2, -0.15) is 0 Å². The SMILES string of the molecule is Cc1cccc(C)c1N1C(=S)N(C(C)C)C(O)(c2ccccc2)C1=NC(C)C. The summed E-state index contributed by atoms with van der Waals surface area (Å²) in [6, 6.07) is 15.8. The van der Waals surface area contributed by atoms with Crippen LogP contribution in [0, 0.1) is 13.8 Å². The highest BCUT2D eigenvalue weighted by Crippen LogP contribution is 2.42. The number of rotatable bonds is 4. The molecule has 1 aliphatic rings. The minimum atomic E-state index is -1.43. The maximum absolute atomic E-state index is 12.2. The fourth-order valence-corrected chi connectivity index (χ4v) is 4.41. The molecular formula is C23H29N3OS. The first-order valence-electron chi connectivity index (χ1n) is 9.75. The second-order valence-electron chi connectivity index (χ2n) is 7.91. The number of aliphatic imine (C=N–C) groups is 1.